The predicted molar refractivity (Wildman–Crippen MR) is 107 cm³/mol. The third-order valence-corrected chi connectivity index (χ3v) is 8.25. The fraction of sp³-hybridized carbons (Fsp3) is 0.529. The van der Waals surface area contributed by atoms with Gasteiger partial charge in [-0.2, -0.15) is 5.26 Å². The Balaban J connectivity index is 2.23. The van der Waals surface area contributed by atoms with E-state index in [4.69, 9.17) is 0 Å². The van der Waals surface area contributed by atoms with Gasteiger partial charge in [0.25, 0.3) is 0 Å². The summed E-state index contributed by atoms with van der Waals surface area (Å²) in [6.45, 7) is 5.22. The zero-order chi connectivity index (χ0) is 20.6. The monoisotopic (exact) mass is 521 g/mol. The molecule has 7 nitrogen and oxygen atoms in total. The number of nitrogens with zero attached hydrogens (tertiary/aromatic N) is 2. The molecule has 10 heteroatoms. The van der Waals surface area contributed by atoms with Gasteiger partial charge in [-0.15, -0.1) is 0 Å². The van der Waals surface area contributed by atoms with Gasteiger partial charge in [0.2, 0.25) is 10.0 Å². The maximum Gasteiger partial charge on any atom is 0.309 e. The highest BCUT2D eigenvalue weighted by Gasteiger charge is 2.45. The van der Waals surface area contributed by atoms with Crippen LogP contribution in [0.1, 0.15) is 27.2 Å². The largest absolute Gasteiger partial charge is 0.481 e. The van der Waals surface area contributed by atoms with Gasteiger partial charge in [-0.25, -0.2) is 13.1 Å². The molecule has 3 atom stereocenters. The lowest BCUT2D eigenvalue weighted by Gasteiger charge is -2.34. The van der Waals surface area contributed by atoms with E-state index in [1.165, 1.54) is 11.0 Å². The van der Waals surface area contributed by atoms with Gasteiger partial charge < -0.3 is 10.0 Å². The lowest BCUT2D eigenvalue weighted by molar-refractivity contribution is -0.150. The van der Waals surface area contributed by atoms with E-state index in [0.29, 0.717) is 15.4 Å². The van der Waals surface area contributed by atoms with E-state index in [2.05, 4.69) is 42.8 Å². The maximum absolute atomic E-state index is 12.8. The zero-order valence-electron chi connectivity index (χ0n) is 15.1. The van der Waals surface area contributed by atoms with Gasteiger partial charge in [0.05, 0.1) is 10.3 Å². The summed E-state index contributed by atoms with van der Waals surface area (Å²) in [6.07, 6.45) is 2.43. The average Bonchev–Trinajstić information content (AvgIpc) is 2.97. The first-order valence-corrected chi connectivity index (χ1v) is 11.3. The molecular weight excluding hydrogens is 502 g/mol. The van der Waals surface area contributed by atoms with Gasteiger partial charge >= 0.3 is 5.97 Å². The standard InChI is InChI=1S/C17H21Br2N3O4S/c1-10(17(2,3)16(23)24)14-7-12(8-22(14)9-20)21-27(25,26)15-6-11(18)4-5-13(15)19/h4-6,10,12,14,21H,7-8H2,1-3H3,(H,23,24)/t10?,12-,14+/m1/s1. The Morgan fingerprint density at radius 2 is 2.07 bits per heavy atom. The molecule has 1 fully saturated rings. The number of aliphatic carboxylic acids is 1. The topological polar surface area (TPSA) is 111 Å². The molecule has 1 aromatic carbocycles. The summed E-state index contributed by atoms with van der Waals surface area (Å²) in [7, 11) is -3.81. The molecule has 1 aromatic rings. The van der Waals surface area contributed by atoms with Crippen LogP contribution in [0.2, 0.25) is 0 Å². The number of likely N-dealkylation sites (tertiary alicyclic amines) is 1. The first-order valence-electron chi connectivity index (χ1n) is 8.27. The van der Waals surface area contributed by atoms with Crippen molar-refractivity contribution in [2.45, 2.75) is 44.2 Å². The Kier molecular flexibility index (Phi) is 6.62. The quantitative estimate of drug-likeness (QED) is 0.555. The van der Waals surface area contributed by atoms with Crippen LogP contribution in [0.15, 0.2) is 32.0 Å². The molecule has 0 aliphatic carbocycles. The Labute approximate surface area is 176 Å². The van der Waals surface area contributed by atoms with Gasteiger partial charge in [0, 0.05) is 27.6 Å². The SMILES string of the molecule is CC([C@@H]1C[C@@H](NS(=O)(=O)c2cc(Br)ccc2Br)CN1C#N)C(C)(C)C(=O)O. The van der Waals surface area contributed by atoms with Crippen molar-refractivity contribution in [3.8, 4) is 6.19 Å². The smallest absolute Gasteiger partial charge is 0.309 e. The summed E-state index contributed by atoms with van der Waals surface area (Å²) in [4.78, 5) is 13.1. The molecule has 1 aliphatic heterocycles. The number of hydrogen-bond acceptors (Lipinski definition) is 5. The molecule has 0 aromatic heterocycles. The number of hydrogen-bond donors (Lipinski definition) is 2. The third-order valence-electron chi connectivity index (χ3n) is 5.24. The minimum Gasteiger partial charge on any atom is -0.481 e. The van der Waals surface area contributed by atoms with Gasteiger partial charge in [0.1, 0.15) is 0 Å². The molecule has 148 valence electrons. The highest BCUT2D eigenvalue weighted by atomic mass is 79.9. The number of halogens is 2. The van der Waals surface area contributed by atoms with Gasteiger partial charge in [-0.3, -0.25) is 4.79 Å². The highest BCUT2D eigenvalue weighted by molar-refractivity contribution is 9.11. The van der Waals surface area contributed by atoms with Crippen molar-refractivity contribution in [2.24, 2.45) is 11.3 Å². The molecule has 0 saturated carbocycles. The van der Waals surface area contributed by atoms with Gasteiger partial charge in [0.15, 0.2) is 6.19 Å². The molecule has 1 saturated heterocycles. The molecular formula is C17H21Br2N3O4S. The first-order chi connectivity index (χ1) is 12.4. The molecule has 0 radical (unpaired) electrons. The van der Waals surface area contributed by atoms with Crippen LogP contribution in [-0.4, -0.2) is 43.0 Å². The molecule has 1 heterocycles. The number of carbonyl (C=O) groups is 1. The van der Waals surface area contributed by atoms with Crippen LogP contribution in [0.25, 0.3) is 0 Å². The van der Waals surface area contributed by atoms with Crippen molar-refractivity contribution in [3.63, 3.8) is 0 Å². The van der Waals surface area contributed by atoms with Gasteiger partial charge in [-0.05, 0) is 60.3 Å². The lowest BCUT2D eigenvalue weighted by atomic mass is 9.75. The summed E-state index contributed by atoms with van der Waals surface area (Å²) in [5.41, 5.74) is -1.04. The molecule has 0 amide bonds. The summed E-state index contributed by atoms with van der Waals surface area (Å²) in [6, 6.07) is 4.01. The molecule has 1 aliphatic rings. The first kappa shape index (κ1) is 22.1. The highest BCUT2D eigenvalue weighted by Crippen LogP contribution is 2.36. The van der Waals surface area contributed by atoms with E-state index in [1.54, 1.807) is 32.9 Å². The normalized spacial score (nSPS) is 21.7. The van der Waals surface area contributed by atoms with Crippen LogP contribution in [0.4, 0.5) is 0 Å². The fourth-order valence-electron chi connectivity index (χ4n) is 3.18. The van der Waals surface area contributed by atoms with Crippen molar-refractivity contribution < 1.29 is 18.3 Å². The van der Waals surface area contributed by atoms with E-state index in [1.807, 2.05) is 0 Å². The number of carboxylic acid groups (broad SMARTS) is 1. The minimum atomic E-state index is -3.81. The van der Waals surface area contributed by atoms with Crippen LogP contribution < -0.4 is 4.72 Å². The second-order valence-corrected chi connectivity index (χ2v) is 10.7. The Morgan fingerprint density at radius 1 is 1.44 bits per heavy atom. The van der Waals surface area contributed by atoms with Crippen LogP contribution in [0.3, 0.4) is 0 Å². The third kappa shape index (κ3) is 4.65. The van der Waals surface area contributed by atoms with Crippen LogP contribution >= 0.6 is 31.9 Å². The Morgan fingerprint density at radius 3 is 2.63 bits per heavy atom. The molecule has 0 bridgehead atoms. The average molecular weight is 523 g/mol. The minimum absolute atomic E-state index is 0.0998. The van der Waals surface area contributed by atoms with E-state index in [-0.39, 0.29) is 23.4 Å². The van der Waals surface area contributed by atoms with Crippen molar-refractivity contribution in [1.29, 1.82) is 5.26 Å². The molecule has 2 N–H and O–H groups in total. The van der Waals surface area contributed by atoms with Crippen molar-refractivity contribution in [1.82, 2.24) is 9.62 Å². The fourth-order valence-corrected chi connectivity index (χ4v) is 5.92. The molecule has 0 spiro atoms. The molecule has 1 unspecified atom stereocenters. The van der Waals surface area contributed by atoms with Crippen LogP contribution in [-0.2, 0) is 14.8 Å². The number of carboxylic acids is 1. The number of sulfonamides is 1. The second kappa shape index (κ2) is 8.07. The number of benzene rings is 1. The molecule has 27 heavy (non-hydrogen) atoms. The van der Waals surface area contributed by atoms with Crippen molar-refractivity contribution in [2.75, 3.05) is 6.54 Å². The van der Waals surface area contributed by atoms with E-state index in [0.717, 1.165) is 0 Å². The Hall–Kier alpha value is -1.15. The van der Waals surface area contributed by atoms with Crippen LogP contribution in [0.5, 0.6) is 0 Å². The Bertz CT molecular complexity index is 883. The predicted octanol–water partition coefficient (Wildman–Crippen LogP) is 3.16. The van der Waals surface area contributed by atoms with Crippen molar-refractivity contribution >= 4 is 47.9 Å². The zero-order valence-corrected chi connectivity index (χ0v) is 19.1. The summed E-state index contributed by atoms with van der Waals surface area (Å²) in [5, 5.41) is 18.9. The van der Waals surface area contributed by atoms with Crippen LogP contribution in [0, 0.1) is 22.8 Å². The van der Waals surface area contributed by atoms with E-state index in [9.17, 15) is 23.6 Å². The summed E-state index contributed by atoms with van der Waals surface area (Å²) < 4.78 is 29.3. The second-order valence-electron chi connectivity index (χ2n) is 7.26. The van der Waals surface area contributed by atoms with E-state index >= 15 is 0 Å². The summed E-state index contributed by atoms with van der Waals surface area (Å²) in [5.74, 6) is -1.29. The van der Waals surface area contributed by atoms with E-state index < -0.39 is 27.4 Å². The number of nitriles is 1. The summed E-state index contributed by atoms with van der Waals surface area (Å²) >= 11 is 6.52. The number of nitrogens with one attached hydrogen (secondary N) is 1. The number of rotatable bonds is 6. The van der Waals surface area contributed by atoms with Gasteiger partial charge in [-0.1, -0.05) is 22.9 Å². The lowest BCUT2D eigenvalue weighted by Crippen LogP contribution is -2.42. The molecule has 2 rings (SSSR count). The van der Waals surface area contributed by atoms with Crippen molar-refractivity contribution in [3.05, 3.63) is 27.1 Å². The maximum atomic E-state index is 12.8.